The summed E-state index contributed by atoms with van der Waals surface area (Å²) in [5, 5.41) is 20.5. The standard InChI is InChI=1S/C13H20N5O8P/c1-24-3-2-13(18-6-17-8-11(14)15-5-16-12(8)18)10(20)9(7(4-19)25-13)26-27(21,22)23/h5-7,9-10,19-20H,2-4H2,1H3,(H2,14,15,16)(H2,21,22,23)/t7-,9-,10-,13-/m1/s1. The highest BCUT2D eigenvalue weighted by atomic mass is 31.2. The topological polar surface area (TPSA) is 195 Å². The fourth-order valence-electron chi connectivity index (χ4n) is 3.19. The molecule has 6 N–H and O–H groups in total. The number of nitrogens with zero attached hydrogens (tertiary/aromatic N) is 4. The van der Waals surface area contributed by atoms with Crippen LogP contribution in [0.1, 0.15) is 6.42 Å². The van der Waals surface area contributed by atoms with Crippen LogP contribution in [0.25, 0.3) is 11.2 Å². The van der Waals surface area contributed by atoms with Crippen LogP contribution in [-0.4, -0.2) is 78.2 Å². The molecule has 3 rings (SSSR count). The van der Waals surface area contributed by atoms with Crippen LogP contribution in [0, 0.1) is 0 Å². The van der Waals surface area contributed by atoms with Crippen molar-refractivity contribution in [2.24, 2.45) is 0 Å². The first kappa shape index (κ1) is 20.0. The summed E-state index contributed by atoms with van der Waals surface area (Å²) in [6.07, 6.45) is -1.77. The molecule has 0 saturated carbocycles. The number of nitrogens with two attached hydrogens (primary N) is 1. The van der Waals surface area contributed by atoms with Gasteiger partial charge in [-0.05, 0) is 0 Å². The molecule has 2 aromatic heterocycles. The molecule has 0 spiro atoms. The fourth-order valence-corrected chi connectivity index (χ4v) is 3.76. The van der Waals surface area contributed by atoms with Gasteiger partial charge in [0.15, 0.2) is 17.2 Å². The van der Waals surface area contributed by atoms with Gasteiger partial charge in [-0.1, -0.05) is 0 Å². The van der Waals surface area contributed by atoms with Crippen molar-refractivity contribution in [3.05, 3.63) is 12.7 Å². The zero-order valence-corrected chi connectivity index (χ0v) is 15.1. The monoisotopic (exact) mass is 405 g/mol. The number of fused-ring (bicyclic) bond motifs is 1. The first-order valence-electron chi connectivity index (χ1n) is 7.87. The number of nitrogen functional groups attached to an aromatic ring is 1. The Morgan fingerprint density at radius 2 is 2.15 bits per heavy atom. The number of methoxy groups -OCH3 is 1. The Labute approximate surface area is 153 Å². The van der Waals surface area contributed by atoms with Crippen LogP contribution in [-0.2, 0) is 24.3 Å². The van der Waals surface area contributed by atoms with Gasteiger partial charge in [0.05, 0.1) is 19.5 Å². The number of anilines is 1. The van der Waals surface area contributed by atoms with Gasteiger partial charge in [-0.15, -0.1) is 0 Å². The number of aliphatic hydroxyl groups is 2. The lowest BCUT2D eigenvalue weighted by Gasteiger charge is -2.33. The second-order valence-corrected chi connectivity index (χ2v) is 7.17. The van der Waals surface area contributed by atoms with E-state index in [1.165, 1.54) is 24.3 Å². The van der Waals surface area contributed by atoms with Crippen molar-refractivity contribution < 1.29 is 38.6 Å². The summed E-state index contributed by atoms with van der Waals surface area (Å²) < 4.78 is 28.3. The van der Waals surface area contributed by atoms with Gasteiger partial charge in [0, 0.05) is 13.5 Å². The zero-order chi connectivity index (χ0) is 19.8. The molecule has 1 saturated heterocycles. The van der Waals surface area contributed by atoms with E-state index in [2.05, 4.69) is 19.5 Å². The maximum absolute atomic E-state index is 11.3. The average Bonchev–Trinajstić information content (AvgIpc) is 3.15. The molecule has 13 nitrogen and oxygen atoms in total. The molecule has 2 aromatic rings. The third-order valence-corrected chi connectivity index (χ3v) is 4.89. The molecule has 27 heavy (non-hydrogen) atoms. The summed E-state index contributed by atoms with van der Waals surface area (Å²) >= 11 is 0. The molecule has 0 radical (unpaired) electrons. The Morgan fingerprint density at radius 1 is 1.41 bits per heavy atom. The molecule has 1 aliphatic rings. The summed E-state index contributed by atoms with van der Waals surface area (Å²) in [7, 11) is -3.53. The summed E-state index contributed by atoms with van der Waals surface area (Å²) in [4.78, 5) is 30.4. The predicted octanol–water partition coefficient (Wildman–Crippen LogP) is -1.67. The van der Waals surface area contributed by atoms with Crippen molar-refractivity contribution >= 4 is 24.8 Å². The van der Waals surface area contributed by atoms with E-state index in [-0.39, 0.29) is 30.0 Å². The molecule has 0 aromatic carbocycles. The molecule has 0 unspecified atom stereocenters. The number of rotatable bonds is 7. The normalized spacial score (nSPS) is 28.9. The van der Waals surface area contributed by atoms with Crippen LogP contribution in [0.5, 0.6) is 0 Å². The number of ether oxygens (including phenoxy) is 2. The van der Waals surface area contributed by atoms with Gasteiger partial charge in [-0.2, -0.15) is 0 Å². The van der Waals surface area contributed by atoms with Crippen LogP contribution in [0.15, 0.2) is 12.7 Å². The molecule has 1 aliphatic heterocycles. The number of hydrogen-bond acceptors (Lipinski definition) is 10. The van der Waals surface area contributed by atoms with E-state index in [0.29, 0.717) is 0 Å². The van der Waals surface area contributed by atoms with Gasteiger partial charge in [-0.25, -0.2) is 19.5 Å². The Morgan fingerprint density at radius 3 is 2.78 bits per heavy atom. The Hall–Kier alpha value is -1.70. The molecular weight excluding hydrogens is 385 g/mol. The smallest absolute Gasteiger partial charge is 0.394 e. The second kappa shape index (κ2) is 7.37. The van der Waals surface area contributed by atoms with E-state index in [4.69, 9.17) is 25.0 Å². The third-order valence-electron chi connectivity index (χ3n) is 4.37. The summed E-state index contributed by atoms with van der Waals surface area (Å²) in [5.74, 6) is 0.106. The summed E-state index contributed by atoms with van der Waals surface area (Å²) in [6, 6.07) is 0. The highest BCUT2D eigenvalue weighted by Crippen LogP contribution is 2.47. The van der Waals surface area contributed by atoms with E-state index in [0.717, 1.165) is 0 Å². The van der Waals surface area contributed by atoms with Crippen LogP contribution < -0.4 is 5.73 Å². The van der Waals surface area contributed by atoms with Crippen LogP contribution in [0.4, 0.5) is 5.82 Å². The third kappa shape index (κ3) is 3.56. The van der Waals surface area contributed by atoms with Crippen LogP contribution in [0.2, 0.25) is 0 Å². The van der Waals surface area contributed by atoms with E-state index in [9.17, 15) is 14.8 Å². The number of aliphatic hydroxyl groups excluding tert-OH is 2. The number of aromatic nitrogens is 4. The average molecular weight is 405 g/mol. The SMILES string of the molecule is COCC[C@@]1(n2cnc3c(N)ncnc32)O[C@H](CO)[C@@H](OP(=O)(O)O)[C@H]1O. The van der Waals surface area contributed by atoms with Gasteiger partial charge in [0.25, 0.3) is 0 Å². The van der Waals surface area contributed by atoms with E-state index in [1.54, 1.807) is 0 Å². The van der Waals surface area contributed by atoms with Gasteiger partial charge in [-0.3, -0.25) is 9.09 Å². The predicted molar refractivity (Wildman–Crippen MR) is 89.1 cm³/mol. The molecule has 150 valence electrons. The maximum atomic E-state index is 11.3. The molecule has 1 fully saturated rings. The molecule has 0 bridgehead atoms. The molecule has 0 aliphatic carbocycles. The van der Waals surface area contributed by atoms with Crippen molar-refractivity contribution in [2.45, 2.75) is 30.5 Å². The summed E-state index contributed by atoms with van der Waals surface area (Å²) in [6.45, 7) is -0.543. The number of phosphoric ester groups is 1. The zero-order valence-electron chi connectivity index (χ0n) is 14.2. The molecule has 0 amide bonds. The number of imidazole rings is 1. The largest absolute Gasteiger partial charge is 0.470 e. The lowest BCUT2D eigenvalue weighted by molar-refractivity contribution is -0.157. The van der Waals surface area contributed by atoms with Crippen molar-refractivity contribution in [2.75, 3.05) is 26.1 Å². The lowest BCUT2D eigenvalue weighted by atomic mass is 9.99. The van der Waals surface area contributed by atoms with E-state index < -0.39 is 38.5 Å². The Bertz CT molecular complexity index is 858. The Kier molecular flexibility index (Phi) is 5.47. The lowest BCUT2D eigenvalue weighted by Crippen LogP contribution is -2.46. The van der Waals surface area contributed by atoms with Gasteiger partial charge < -0.3 is 35.2 Å². The van der Waals surface area contributed by atoms with Crippen molar-refractivity contribution in [1.29, 1.82) is 0 Å². The van der Waals surface area contributed by atoms with Gasteiger partial charge in [0.1, 0.15) is 30.2 Å². The fraction of sp³-hybridized carbons (Fsp3) is 0.615. The highest BCUT2D eigenvalue weighted by molar-refractivity contribution is 7.46. The van der Waals surface area contributed by atoms with E-state index in [1.807, 2.05) is 0 Å². The van der Waals surface area contributed by atoms with Gasteiger partial charge >= 0.3 is 7.82 Å². The Balaban J connectivity index is 2.12. The minimum atomic E-state index is -4.97. The van der Waals surface area contributed by atoms with Crippen LogP contribution in [0.3, 0.4) is 0 Å². The van der Waals surface area contributed by atoms with Crippen molar-refractivity contribution in [3.63, 3.8) is 0 Å². The first-order valence-corrected chi connectivity index (χ1v) is 9.40. The number of phosphoric acid groups is 1. The van der Waals surface area contributed by atoms with E-state index >= 15 is 0 Å². The molecule has 4 atom stereocenters. The second-order valence-electron chi connectivity index (χ2n) is 5.98. The summed E-state index contributed by atoms with van der Waals surface area (Å²) in [5.41, 5.74) is 4.64. The maximum Gasteiger partial charge on any atom is 0.470 e. The first-order chi connectivity index (χ1) is 12.7. The van der Waals surface area contributed by atoms with Gasteiger partial charge in [0.2, 0.25) is 0 Å². The molecule has 3 heterocycles. The number of hydrogen-bond donors (Lipinski definition) is 5. The molecular formula is C13H20N5O8P. The molecule has 14 heteroatoms. The quantitative estimate of drug-likeness (QED) is 0.329. The van der Waals surface area contributed by atoms with Crippen molar-refractivity contribution in [1.82, 2.24) is 19.5 Å². The minimum absolute atomic E-state index is 0.0392. The van der Waals surface area contributed by atoms with Crippen LogP contribution >= 0.6 is 7.82 Å². The minimum Gasteiger partial charge on any atom is -0.394 e. The van der Waals surface area contributed by atoms with Crippen molar-refractivity contribution in [3.8, 4) is 0 Å². The highest BCUT2D eigenvalue weighted by Gasteiger charge is 2.58.